The molecule has 1 aromatic rings. The fourth-order valence-corrected chi connectivity index (χ4v) is 2.79. The lowest BCUT2D eigenvalue weighted by Crippen LogP contribution is -2.44. The van der Waals surface area contributed by atoms with E-state index in [1.54, 1.807) is 50.5 Å². The number of methoxy groups -OCH3 is 1. The van der Waals surface area contributed by atoms with Crippen molar-refractivity contribution in [3.05, 3.63) is 55.1 Å². The molecule has 7 nitrogen and oxygen atoms in total. The Labute approximate surface area is 152 Å². The van der Waals surface area contributed by atoms with Crippen molar-refractivity contribution in [1.82, 2.24) is 15.1 Å². The van der Waals surface area contributed by atoms with E-state index in [2.05, 4.69) is 18.5 Å². The maximum absolute atomic E-state index is 12.9. The predicted octanol–water partition coefficient (Wildman–Crippen LogP) is 1.66. The Hall–Kier alpha value is -3.09. The van der Waals surface area contributed by atoms with E-state index in [1.807, 2.05) is 0 Å². The van der Waals surface area contributed by atoms with Crippen molar-refractivity contribution < 1.29 is 19.1 Å². The van der Waals surface area contributed by atoms with E-state index in [-0.39, 0.29) is 12.5 Å². The molecule has 0 bridgehead atoms. The summed E-state index contributed by atoms with van der Waals surface area (Å²) < 4.78 is 5.11. The van der Waals surface area contributed by atoms with Crippen LogP contribution in [0.5, 0.6) is 5.75 Å². The first-order valence-electron chi connectivity index (χ1n) is 8.15. The van der Waals surface area contributed by atoms with Gasteiger partial charge >= 0.3 is 6.03 Å². The molecule has 1 heterocycles. The van der Waals surface area contributed by atoms with Crippen molar-refractivity contribution in [3.8, 4) is 5.75 Å². The van der Waals surface area contributed by atoms with Crippen molar-refractivity contribution in [3.63, 3.8) is 0 Å². The number of carbonyl (C=O) groups is 3. The van der Waals surface area contributed by atoms with Gasteiger partial charge in [-0.25, -0.2) is 4.79 Å². The third-order valence-corrected chi connectivity index (χ3v) is 4.29. The summed E-state index contributed by atoms with van der Waals surface area (Å²) in [7, 11) is 1.55. The highest BCUT2D eigenvalue weighted by Gasteiger charge is 2.49. The van der Waals surface area contributed by atoms with E-state index in [9.17, 15) is 14.4 Å². The average Bonchev–Trinajstić information content (AvgIpc) is 2.85. The molecule has 1 aliphatic rings. The van der Waals surface area contributed by atoms with Gasteiger partial charge in [-0.05, 0) is 24.6 Å². The minimum Gasteiger partial charge on any atom is -0.497 e. The van der Waals surface area contributed by atoms with Crippen LogP contribution in [0, 0.1) is 0 Å². The zero-order valence-corrected chi connectivity index (χ0v) is 15.0. The molecule has 1 N–H and O–H groups in total. The first-order chi connectivity index (χ1) is 12.4. The van der Waals surface area contributed by atoms with E-state index < -0.39 is 17.5 Å². The zero-order chi connectivity index (χ0) is 19.3. The second-order valence-corrected chi connectivity index (χ2v) is 6.05. The molecule has 138 valence electrons. The second kappa shape index (κ2) is 7.86. The van der Waals surface area contributed by atoms with Gasteiger partial charge in [-0.3, -0.25) is 14.5 Å². The summed E-state index contributed by atoms with van der Waals surface area (Å²) >= 11 is 0. The number of hydrogen-bond donors (Lipinski definition) is 1. The van der Waals surface area contributed by atoms with Gasteiger partial charge in [0.2, 0.25) is 5.91 Å². The highest BCUT2D eigenvalue weighted by molar-refractivity contribution is 6.09. The Morgan fingerprint density at radius 1 is 1.23 bits per heavy atom. The molecule has 2 rings (SSSR count). The van der Waals surface area contributed by atoms with E-state index in [0.717, 1.165) is 4.90 Å². The zero-order valence-electron chi connectivity index (χ0n) is 15.0. The van der Waals surface area contributed by atoms with Crippen LogP contribution in [0.3, 0.4) is 0 Å². The van der Waals surface area contributed by atoms with Gasteiger partial charge in [-0.2, -0.15) is 0 Å². The number of benzene rings is 1. The molecule has 0 unspecified atom stereocenters. The minimum absolute atomic E-state index is 0.310. The highest BCUT2D eigenvalue weighted by atomic mass is 16.5. The van der Waals surface area contributed by atoms with Gasteiger partial charge in [-0.15, -0.1) is 13.2 Å². The number of carbonyl (C=O) groups excluding carboxylic acids is 3. The first-order valence-corrected chi connectivity index (χ1v) is 8.15. The quantitative estimate of drug-likeness (QED) is 0.567. The van der Waals surface area contributed by atoms with Crippen molar-refractivity contribution in [2.75, 3.05) is 26.7 Å². The van der Waals surface area contributed by atoms with Gasteiger partial charge in [0.25, 0.3) is 5.91 Å². The summed E-state index contributed by atoms with van der Waals surface area (Å²) in [6.07, 6.45) is 3.16. The first kappa shape index (κ1) is 19.2. The van der Waals surface area contributed by atoms with Crippen molar-refractivity contribution in [1.29, 1.82) is 0 Å². The number of nitrogens with one attached hydrogen (secondary N) is 1. The van der Waals surface area contributed by atoms with Crippen LogP contribution in [-0.2, 0) is 15.1 Å². The fraction of sp³-hybridized carbons (Fsp3) is 0.316. The molecule has 1 fully saturated rings. The van der Waals surface area contributed by atoms with Crippen LogP contribution < -0.4 is 10.1 Å². The molecule has 1 aromatic carbocycles. The van der Waals surface area contributed by atoms with E-state index in [1.165, 1.54) is 4.90 Å². The number of hydrogen-bond acceptors (Lipinski definition) is 4. The Bertz CT molecular complexity index is 719. The van der Waals surface area contributed by atoms with Crippen LogP contribution in [0.15, 0.2) is 49.6 Å². The van der Waals surface area contributed by atoms with Crippen LogP contribution >= 0.6 is 0 Å². The maximum Gasteiger partial charge on any atom is 0.325 e. The number of amides is 4. The lowest BCUT2D eigenvalue weighted by Gasteiger charge is -2.24. The standard InChI is InChI=1S/C19H23N3O4/c1-5-11-21(12-6-2)16(23)13-22-17(24)19(3,20-18(22)25)14-7-9-15(26-4)10-8-14/h5-10H,1-2,11-13H2,3-4H3,(H,20,25)/t19-/m0/s1. The predicted molar refractivity (Wildman–Crippen MR) is 97.6 cm³/mol. The summed E-state index contributed by atoms with van der Waals surface area (Å²) in [5.41, 5.74) is -0.619. The molecule has 26 heavy (non-hydrogen) atoms. The van der Waals surface area contributed by atoms with E-state index in [0.29, 0.717) is 24.4 Å². The minimum atomic E-state index is -1.23. The molecule has 1 aliphatic heterocycles. The largest absolute Gasteiger partial charge is 0.497 e. The van der Waals surface area contributed by atoms with Crippen LogP contribution in [0.1, 0.15) is 12.5 Å². The van der Waals surface area contributed by atoms with Crippen molar-refractivity contribution in [2.24, 2.45) is 0 Å². The van der Waals surface area contributed by atoms with Crippen molar-refractivity contribution >= 4 is 17.8 Å². The third kappa shape index (κ3) is 3.61. The molecule has 0 aliphatic carbocycles. The summed E-state index contributed by atoms with van der Waals surface area (Å²) in [5, 5.41) is 2.68. The molecule has 0 radical (unpaired) electrons. The van der Waals surface area contributed by atoms with Gasteiger partial charge in [-0.1, -0.05) is 24.3 Å². The lowest BCUT2D eigenvalue weighted by atomic mass is 9.92. The summed E-state index contributed by atoms with van der Waals surface area (Å²) in [6.45, 7) is 9.11. The fourth-order valence-electron chi connectivity index (χ4n) is 2.79. The lowest BCUT2D eigenvalue weighted by molar-refractivity contribution is -0.138. The molecule has 7 heteroatoms. The van der Waals surface area contributed by atoms with E-state index in [4.69, 9.17) is 4.74 Å². The number of ether oxygens (including phenoxy) is 1. The third-order valence-electron chi connectivity index (χ3n) is 4.29. The Morgan fingerprint density at radius 2 is 1.81 bits per heavy atom. The molecule has 0 aromatic heterocycles. The monoisotopic (exact) mass is 357 g/mol. The number of rotatable bonds is 8. The number of imide groups is 1. The highest BCUT2D eigenvalue weighted by Crippen LogP contribution is 2.30. The Balaban J connectivity index is 2.20. The summed E-state index contributed by atoms with van der Waals surface area (Å²) in [5.74, 6) is -0.184. The SMILES string of the molecule is C=CCN(CC=C)C(=O)CN1C(=O)N[C@@](C)(c2ccc(OC)cc2)C1=O. The van der Waals surface area contributed by atoms with Crippen molar-refractivity contribution in [2.45, 2.75) is 12.5 Å². The van der Waals surface area contributed by atoms with Gasteiger partial charge in [0, 0.05) is 13.1 Å². The number of urea groups is 1. The van der Waals surface area contributed by atoms with Gasteiger partial charge in [0.1, 0.15) is 17.8 Å². The Morgan fingerprint density at radius 3 is 2.31 bits per heavy atom. The van der Waals surface area contributed by atoms with Gasteiger partial charge in [0.05, 0.1) is 7.11 Å². The summed E-state index contributed by atoms with van der Waals surface area (Å²) in [6, 6.07) is 6.25. The number of nitrogens with zero attached hydrogens (tertiary/aromatic N) is 2. The molecule has 0 saturated carbocycles. The van der Waals surface area contributed by atoms with Gasteiger partial charge < -0.3 is 15.0 Å². The van der Waals surface area contributed by atoms with E-state index >= 15 is 0 Å². The molecule has 0 spiro atoms. The van der Waals surface area contributed by atoms with Gasteiger partial charge in [0.15, 0.2) is 0 Å². The normalized spacial score (nSPS) is 19.1. The molecule has 4 amide bonds. The van der Waals surface area contributed by atoms with Crippen LogP contribution in [-0.4, -0.2) is 54.4 Å². The topological polar surface area (TPSA) is 79.0 Å². The molecule has 1 saturated heterocycles. The van der Waals surface area contributed by atoms with Crippen LogP contribution in [0.2, 0.25) is 0 Å². The molecular formula is C19H23N3O4. The smallest absolute Gasteiger partial charge is 0.325 e. The maximum atomic E-state index is 12.9. The Kier molecular flexibility index (Phi) is 5.82. The van der Waals surface area contributed by atoms with Crippen LogP contribution in [0.25, 0.3) is 0 Å². The molecular weight excluding hydrogens is 334 g/mol. The summed E-state index contributed by atoms with van der Waals surface area (Å²) in [4.78, 5) is 40.0. The average molecular weight is 357 g/mol. The second-order valence-electron chi connectivity index (χ2n) is 6.05. The molecule has 1 atom stereocenters. The van der Waals surface area contributed by atoms with Crippen LogP contribution in [0.4, 0.5) is 4.79 Å².